The maximum Gasteiger partial charge on any atom is 0.275 e. The minimum absolute atomic E-state index is 0.0975. The molecule has 5 nitrogen and oxygen atoms in total. The summed E-state index contributed by atoms with van der Waals surface area (Å²) in [6, 6.07) is 10.7. The van der Waals surface area contributed by atoms with Gasteiger partial charge in [-0.25, -0.2) is 14.4 Å². The number of hydrogen-bond donors (Lipinski definition) is 1. The minimum Gasteiger partial charge on any atom is -0.342 e. The van der Waals surface area contributed by atoms with Gasteiger partial charge in [0.05, 0.1) is 11.0 Å². The number of aromatic nitrogens is 3. The number of imidazole rings is 1. The third kappa shape index (κ3) is 2.64. The summed E-state index contributed by atoms with van der Waals surface area (Å²) in [5, 5.41) is 0. The molecule has 1 amide bonds. The topological polar surface area (TPSA) is 61.9 Å². The number of piperidine rings is 1. The number of aromatic amines is 1. The van der Waals surface area contributed by atoms with Crippen LogP contribution in [0.15, 0.2) is 42.6 Å². The van der Waals surface area contributed by atoms with Gasteiger partial charge in [0.2, 0.25) is 0 Å². The normalized spacial score (nSPS) is 15.8. The molecule has 6 heteroatoms. The highest BCUT2D eigenvalue weighted by molar-refractivity contribution is 5.92. The van der Waals surface area contributed by atoms with Crippen molar-refractivity contribution >= 4 is 16.9 Å². The van der Waals surface area contributed by atoms with Crippen LogP contribution in [0.5, 0.6) is 0 Å². The van der Waals surface area contributed by atoms with E-state index in [0.717, 1.165) is 29.7 Å². The SMILES string of the molecule is O=C(c1ncccc1F)N1CCC(c2nc3ccccc3[nH]2)CC1. The number of halogens is 1. The van der Waals surface area contributed by atoms with E-state index in [2.05, 4.69) is 15.0 Å². The standard InChI is InChI=1S/C18H17FN4O/c19-13-4-3-9-20-16(13)18(24)23-10-7-12(8-11-23)17-21-14-5-1-2-6-15(14)22-17/h1-6,9,12H,7-8,10-11H2,(H,21,22). The lowest BCUT2D eigenvalue weighted by Crippen LogP contribution is -2.38. The monoisotopic (exact) mass is 324 g/mol. The molecule has 0 bridgehead atoms. The lowest BCUT2D eigenvalue weighted by atomic mass is 9.96. The van der Waals surface area contributed by atoms with Crippen molar-refractivity contribution in [3.8, 4) is 0 Å². The van der Waals surface area contributed by atoms with Crippen molar-refractivity contribution in [2.24, 2.45) is 0 Å². The molecule has 0 radical (unpaired) electrons. The number of nitrogens with zero attached hydrogens (tertiary/aromatic N) is 3. The Morgan fingerprint density at radius 2 is 1.96 bits per heavy atom. The Balaban J connectivity index is 1.47. The molecule has 1 aromatic carbocycles. The molecule has 1 aliphatic rings. The predicted octanol–water partition coefficient (Wildman–Crippen LogP) is 3.12. The summed E-state index contributed by atoms with van der Waals surface area (Å²) in [5.41, 5.74) is 1.89. The number of para-hydroxylation sites is 2. The molecule has 1 fully saturated rings. The number of rotatable bonds is 2. The van der Waals surface area contributed by atoms with Crippen molar-refractivity contribution in [1.29, 1.82) is 0 Å². The molecule has 1 aliphatic heterocycles. The van der Waals surface area contributed by atoms with Gasteiger partial charge in [-0.3, -0.25) is 4.79 Å². The molecule has 1 N–H and O–H groups in total. The summed E-state index contributed by atoms with van der Waals surface area (Å²) in [7, 11) is 0. The van der Waals surface area contributed by atoms with Crippen LogP contribution >= 0.6 is 0 Å². The number of carbonyl (C=O) groups is 1. The van der Waals surface area contributed by atoms with Crippen molar-refractivity contribution in [2.75, 3.05) is 13.1 Å². The third-order valence-electron chi connectivity index (χ3n) is 4.54. The van der Waals surface area contributed by atoms with E-state index in [0.29, 0.717) is 13.1 Å². The third-order valence-corrected chi connectivity index (χ3v) is 4.54. The van der Waals surface area contributed by atoms with Gasteiger partial charge < -0.3 is 9.88 Å². The van der Waals surface area contributed by atoms with Gasteiger partial charge in [-0.15, -0.1) is 0 Å². The molecule has 1 saturated heterocycles. The van der Waals surface area contributed by atoms with Crippen LogP contribution in [0.1, 0.15) is 35.1 Å². The maximum atomic E-state index is 13.7. The highest BCUT2D eigenvalue weighted by Gasteiger charge is 2.28. The number of amides is 1. The van der Waals surface area contributed by atoms with Gasteiger partial charge in [0.1, 0.15) is 5.82 Å². The largest absolute Gasteiger partial charge is 0.342 e. The molecular formula is C18H17FN4O. The van der Waals surface area contributed by atoms with Gasteiger partial charge in [-0.05, 0) is 37.1 Å². The molecule has 0 spiro atoms. The van der Waals surface area contributed by atoms with Gasteiger partial charge in [0, 0.05) is 25.2 Å². The molecule has 3 heterocycles. The van der Waals surface area contributed by atoms with Crippen LogP contribution in [-0.4, -0.2) is 38.8 Å². The molecule has 122 valence electrons. The van der Waals surface area contributed by atoms with Crippen LogP contribution in [0.4, 0.5) is 4.39 Å². The fraction of sp³-hybridized carbons (Fsp3) is 0.278. The highest BCUT2D eigenvalue weighted by atomic mass is 19.1. The Bertz CT molecular complexity index is 850. The van der Waals surface area contributed by atoms with Crippen LogP contribution in [0, 0.1) is 5.82 Å². The van der Waals surface area contributed by atoms with Gasteiger partial charge in [-0.1, -0.05) is 12.1 Å². The van der Waals surface area contributed by atoms with Crippen LogP contribution in [0.2, 0.25) is 0 Å². The number of likely N-dealkylation sites (tertiary alicyclic amines) is 1. The number of H-pyrrole nitrogens is 1. The first-order chi connectivity index (χ1) is 11.7. The number of pyridine rings is 1. The van der Waals surface area contributed by atoms with Crippen molar-refractivity contribution in [3.05, 3.63) is 59.9 Å². The van der Waals surface area contributed by atoms with E-state index >= 15 is 0 Å². The Morgan fingerprint density at radius 1 is 1.17 bits per heavy atom. The molecule has 3 aromatic rings. The molecule has 0 saturated carbocycles. The first-order valence-corrected chi connectivity index (χ1v) is 8.07. The first kappa shape index (κ1) is 14.8. The molecular weight excluding hydrogens is 307 g/mol. The van der Waals surface area contributed by atoms with E-state index in [1.54, 1.807) is 4.90 Å². The van der Waals surface area contributed by atoms with Gasteiger partial charge >= 0.3 is 0 Å². The van der Waals surface area contributed by atoms with Crippen molar-refractivity contribution in [1.82, 2.24) is 19.9 Å². The van der Waals surface area contributed by atoms with Gasteiger partial charge in [-0.2, -0.15) is 0 Å². The summed E-state index contributed by atoms with van der Waals surface area (Å²) < 4.78 is 13.7. The summed E-state index contributed by atoms with van der Waals surface area (Å²) in [5.74, 6) is 0.348. The lowest BCUT2D eigenvalue weighted by molar-refractivity contribution is 0.0700. The second-order valence-electron chi connectivity index (χ2n) is 6.04. The van der Waals surface area contributed by atoms with E-state index in [1.807, 2.05) is 24.3 Å². The Hall–Kier alpha value is -2.76. The van der Waals surface area contributed by atoms with Crippen LogP contribution < -0.4 is 0 Å². The summed E-state index contributed by atoms with van der Waals surface area (Å²) in [6.45, 7) is 1.16. The van der Waals surface area contributed by atoms with Gasteiger partial charge in [0.15, 0.2) is 11.5 Å². The van der Waals surface area contributed by atoms with E-state index in [1.165, 1.54) is 18.3 Å². The molecule has 24 heavy (non-hydrogen) atoms. The fourth-order valence-corrected chi connectivity index (χ4v) is 3.21. The fourth-order valence-electron chi connectivity index (χ4n) is 3.21. The van der Waals surface area contributed by atoms with E-state index in [-0.39, 0.29) is 17.5 Å². The molecule has 2 aromatic heterocycles. The van der Waals surface area contributed by atoms with Crippen molar-refractivity contribution < 1.29 is 9.18 Å². The summed E-state index contributed by atoms with van der Waals surface area (Å²) in [4.78, 5) is 26.0. The van der Waals surface area contributed by atoms with Crippen LogP contribution in [-0.2, 0) is 0 Å². The average molecular weight is 324 g/mol. The molecule has 0 atom stereocenters. The smallest absolute Gasteiger partial charge is 0.275 e. The zero-order valence-electron chi connectivity index (χ0n) is 13.1. The first-order valence-electron chi connectivity index (χ1n) is 8.07. The molecule has 4 rings (SSSR count). The van der Waals surface area contributed by atoms with E-state index < -0.39 is 5.82 Å². The zero-order valence-corrected chi connectivity index (χ0v) is 13.1. The maximum absolute atomic E-state index is 13.7. The quantitative estimate of drug-likeness (QED) is 0.788. The number of nitrogens with one attached hydrogen (secondary N) is 1. The molecule has 0 aliphatic carbocycles. The van der Waals surface area contributed by atoms with Crippen molar-refractivity contribution in [3.63, 3.8) is 0 Å². The number of hydrogen-bond acceptors (Lipinski definition) is 3. The van der Waals surface area contributed by atoms with Gasteiger partial charge in [0.25, 0.3) is 5.91 Å². The lowest BCUT2D eigenvalue weighted by Gasteiger charge is -2.30. The Morgan fingerprint density at radius 3 is 2.71 bits per heavy atom. The predicted molar refractivity (Wildman–Crippen MR) is 88.2 cm³/mol. The highest BCUT2D eigenvalue weighted by Crippen LogP contribution is 2.28. The number of benzene rings is 1. The van der Waals surface area contributed by atoms with Crippen molar-refractivity contribution in [2.45, 2.75) is 18.8 Å². The second kappa shape index (κ2) is 6.03. The van der Waals surface area contributed by atoms with Crippen LogP contribution in [0.3, 0.4) is 0 Å². The average Bonchev–Trinajstić information content (AvgIpc) is 3.06. The second-order valence-corrected chi connectivity index (χ2v) is 6.04. The Kier molecular flexibility index (Phi) is 3.72. The number of fused-ring (bicyclic) bond motifs is 1. The summed E-state index contributed by atoms with van der Waals surface area (Å²) in [6.07, 6.45) is 3.05. The number of carbonyl (C=O) groups excluding carboxylic acids is 1. The van der Waals surface area contributed by atoms with Crippen LogP contribution in [0.25, 0.3) is 11.0 Å². The summed E-state index contributed by atoms with van der Waals surface area (Å²) >= 11 is 0. The molecule has 0 unspecified atom stereocenters. The zero-order chi connectivity index (χ0) is 16.5. The van der Waals surface area contributed by atoms with E-state index in [9.17, 15) is 9.18 Å². The minimum atomic E-state index is -0.568. The van der Waals surface area contributed by atoms with E-state index in [4.69, 9.17) is 0 Å². The Labute approximate surface area is 138 Å².